The molecule has 1 heteroatoms. The average molecular weight is 203 g/mol. The zero-order valence-corrected chi connectivity index (χ0v) is 9.65. The molecule has 2 unspecified atom stereocenters. The van der Waals surface area contributed by atoms with Gasteiger partial charge in [-0.25, -0.2) is 0 Å². The first-order valence-corrected chi connectivity index (χ1v) is 6.46. The topological polar surface area (TPSA) is 3.24 Å². The van der Waals surface area contributed by atoms with E-state index in [0.717, 1.165) is 17.8 Å². The number of likely N-dealkylation sites (tertiary alicyclic amines) is 1. The number of allylic oxidation sites excluding steroid dienone is 2. The fraction of sp³-hybridized carbons (Fsp3) is 0.714. The van der Waals surface area contributed by atoms with E-state index in [1.807, 2.05) is 0 Å². The highest BCUT2D eigenvalue weighted by molar-refractivity contribution is 5.31. The molecule has 3 atom stereocenters. The van der Waals surface area contributed by atoms with E-state index in [2.05, 4.69) is 30.1 Å². The quantitative estimate of drug-likeness (QED) is 0.682. The lowest BCUT2D eigenvalue weighted by molar-refractivity contribution is 0.351. The fourth-order valence-corrected chi connectivity index (χ4v) is 2.98. The van der Waals surface area contributed by atoms with Gasteiger partial charge >= 0.3 is 0 Å². The molecule has 1 nitrogen and oxygen atoms in total. The van der Waals surface area contributed by atoms with Crippen molar-refractivity contribution in [3.05, 3.63) is 23.8 Å². The van der Waals surface area contributed by atoms with Gasteiger partial charge in [0.2, 0.25) is 0 Å². The highest BCUT2D eigenvalue weighted by Crippen LogP contribution is 2.44. The van der Waals surface area contributed by atoms with Gasteiger partial charge in [0, 0.05) is 13.1 Å². The molecule has 82 valence electrons. The summed E-state index contributed by atoms with van der Waals surface area (Å²) in [4.78, 5) is 2.63. The molecule has 1 heterocycles. The van der Waals surface area contributed by atoms with Crippen LogP contribution in [-0.2, 0) is 0 Å². The van der Waals surface area contributed by atoms with E-state index in [-0.39, 0.29) is 0 Å². The van der Waals surface area contributed by atoms with E-state index in [9.17, 15) is 0 Å². The van der Waals surface area contributed by atoms with Crippen LogP contribution in [0.1, 0.15) is 26.2 Å². The average Bonchev–Trinajstić information content (AvgIpc) is 2.88. The summed E-state index contributed by atoms with van der Waals surface area (Å²) in [6.45, 7) is 6.17. The highest BCUT2D eigenvalue weighted by Gasteiger charge is 2.35. The van der Waals surface area contributed by atoms with Gasteiger partial charge in [-0.1, -0.05) is 31.6 Å². The Morgan fingerprint density at radius 1 is 1.40 bits per heavy atom. The van der Waals surface area contributed by atoms with Crippen molar-refractivity contribution in [2.24, 2.45) is 17.8 Å². The lowest BCUT2D eigenvalue weighted by atomic mass is 10.1. The summed E-state index contributed by atoms with van der Waals surface area (Å²) in [7, 11) is 0. The van der Waals surface area contributed by atoms with Crippen LogP contribution in [0.3, 0.4) is 0 Å². The minimum Gasteiger partial charge on any atom is -0.299 e. The van der Waals surface area contributed by atoms with Gasteiger partial charge < -0.3 is 0 Å². The van der Waals surface area contributed by atoms with Crippen molar-refractivity contribution in [3.8, 4) is 0 Å². The van der Waals surface area contributed by atoms with E-state index in [0.29, 0.717) is 0 Å². The lowest BCUT2D eigenvalue weighted by Crippen LogP contribution is -2.23. The maximum Gasteiger partial charge on any atom is 0.0230 e. The van der Waals surface area contributed by atoms with Gasteiger partial charge in [-0.2, -0.15) is 0 Å². The second-order valence-electron chi connectivity index (χ2n) is 5.46. The third-order valence-corrected chi connectivity index (χ3v) is 4.23. The normalized spacial score (nSPS) is 39.0. The Morgan fingerprint density at radius 3 is 3.07 bits per heavy atom. The molecule has 0 N–H and O–H groups in total. The first-order chi connectivity index (χ1) is 7.35. The maximum absolute atomic E-state index is 2.63. The van der Waals surface area contributed by atoms with Crippen LogP contribution in [0.2, 0.25) is 0 Å². The van der Waals surface area contributed by atoms with Gasteiger partial charge in [0.25, 0.3) is 0 Å². The first-order valence-electron chi connectivity index (χ1n) is 6.46. The molecule has 2 fully saturated rings. The summed E-state index contributed by atoms with van der Waals surface area (Å²) in [5.74, 6) is 2.79. The van der Waals surface area contributed by atoms with Crippen LogP contribution in [0.25, 0.3) is 0 Å². The van der Waals surface area contributed by atoms with Gasteiger partial charge in [0.15, 0.2) is 0 Å². The smallest absolute Gasteiger partial charge is 0.0230 e. The van der Waals surface area contributed by atoms with Crippen LogP contribution in [0, 0.1) is 17.8 Å². The molecule has 0 bridgehead atoms. The van der Waals surface area contributed by atoms with Gasteiger partial charge in [-0.05, 0) is 42.7 Å². The predicted molar refractivity (Wildman–Crippen MR) is 63.7 cm³/mol. The SMILES string of the molecule is CC[C@@H]1CCN(CC2=CC3CC3C=C2)C1. The van der Waals surface area contributed by atoms with Crippen molar-refractivity contribution in [1.82, 2.24) is 4.90 Å². The Balaban J connectivity index is 1.55. The second kappa shape index (κ2) is 3.79. The predicted octanol–water partition coefficient (Wildman–Crippen LogP) is 2.85. The maximum atomic E-state index is 2.63. The summed E-state index contributed by atoms with van der Waals surface area (Å²) in [6, 6.07) is 0. The largest absolute Gasteiger partial charge is 0.299 e. The van der Waals surface area contributed by atoms with Crippen molar-refractivity contribution in [2.75, 3.05) is 19.6 Å². The molecule has 3 aliphatic rings. The molecule has 0 amide bonds. The van der Waals surface area contributed by atoms with Crippen molar-refractivity contribution >= 4 is 0 Å². The van der Waals surface area contributed by atoms with Gasteiger partial charge in [0.05, 0.1) is 0 Å². The summed E-state index contributed by atoms with van der Waals surface area (Å²) in [5.41, 5.74) is 1.57. The molecular weight excluding hydrogens is 182 g/mol. The third-order valence-electron chi connectivity index (χ3n) is 4.23. The minimum absolute atomic E-state index is 0.912. The third kappa shape index (κ3) is 2.03. The monoisotopic (exact) mass is 203 g/mol. The molecule has 0 aromatic rings. The summed E-state index contributed by atoms with van der Waals surface area (Å²) >= 11 is 0. The van der Waals surface area contributed by atoms with Crippen molar-refractivity contribution in [3.63, 3.8) is 0 Å². The van der Waals surface area contributed by atoms with Crippen molar-refractivity contribution < 1.29 is 0 Å². The summed E-state index contributed by atoms with van der Waals surface area (Å²) < 4.78 is 0. The van der Waals surface area contributed by atoms with Crippen LogP contribution < -0.4 is 0 Å². The number of nitrogens with zero attached hydrogens (tertiary/aromatic N) is 1. The molecule has 2 aliphatic carbocycles. The Kier molecular flexibility index (Phi) is 2.44. The summed E-state index contributed by atoms with van der Waals surface area (Å²) in [5, 5.41) is 0. The zero-order valence-electron chi connectivity index (χ0n) is 9.65. The Labute approximate surface area is 92.8 Å². The molecule has 0 aromatic heterocycles. The number of hydrogen-bond donors (Lipinski definition) is 0. The Hall–Kier alpha value is -0.560. The zero-order chi connectivity index (χ0) is 10.3. The van der Waals surface area contributed by atoms with Crippen LogP contribution >= 0.6 is 0 Å². The second-order valence-corrected chi connectivity index (χ2v) is 5.46. The molecule has 3 rings (SSSR count). The van der Waals surface area contributed by atoms with Crippen molar-refractivity contribution in [1.29, 1.82) is 0 Å². The Bertz CT molecular complexity index is 302. The molecule has 1 saturated heterocycles. The van der Waals surface area contributed by atoms with Crippen molar-refractivity contribution in [2.45, 2.75) is 26.2 Å². The van der Waals surface area contributed by atoms with Crippen LogP contribution in [0.4, 0.5) is 0 Å². The number of hydrogen-bond acceptors (Lipinski definition) is 1. The van der Waals surface area contributed by atoms with E-state index in [1.54, 1.807) is 5.57 Å². The standard InChI is InChI=1S/C14H21N/c1-2-11-5-6-15(9-11)10-12-3-4-13-8-14(13)7-12/h3-4,7,11,13-14H,2,5-6,8-10H2,1H3/t11-,13?,14?/m1/s1. The number of rotatable bonds is 3. The van der Waals surface area contributed by atoms with Crippen LogP contribution in [0.15, 0.2) is 23.8 Å². The molecule has 0 spiro atoms. The molecule has 0 aromatic carbocycles. The molecule has 1 saturated carbocycles. The molecule has 1 aliphatic heterocycles. The molecule has 0 radical (unpaired) electrons. The van der Waals surface area contributed by atoms with Crippen LogP contribution in [-0.4, -0.2) is 24.5 Å². The van der Waals surface area contributed by atoms with Gasteiger partial charge in [0.1, 0.15) is 0 Å². The highest BCUT2D eigenvalue weighted by atomic mass is 15.1. The molecular formula is C14H21N. The van der Waals surface area contributed by atoms with E-state index in [1.165, 1.54) is 38.9 Å². The Morgan fingerprint density at radius 2 is 2.33 bits per heavy atom. The first kappa shape index (κ1) is 9.65. The lowest BCUT2D eigenvalue weighted by Gasteiger charge is -2.17. The van der Waals surface area contributed by atoms with Crippen LogP contribution in [0.5, 0.6) is 0 Å². The van der Waals surface area contributed by atoms with E-state index < -0.39 is 0 Å². The van der Waals surface area contributed by atoms with Gasteiger partial charge in [-0.3, -0.25) is 4.90 Å². The van der Waals surface area contributed by atoms with E-state index in [4.69, 9.17) is 0 Å². The minimum atomic E-state index is 0.912. The fourth-order valence-electron chi connectivity index (χ4n) is 2.98. The summed E-state index contributed by atoms with van der Waals surface area (Å²) in [6.07, 6.45) is 11.5. The van der Waals surface area contributed by atoms with E-state index >= 15 is 0 Å². The number of fused-ring (bicyclic) bond motifs is 1. The van der Waals surface area contributed by atoms with Gasteiger partial charge in [-0.15, -0.1) is 0 Å². The molecule has 15 heavy (non-hydrogen) atoms.